The molecular weight excluding hydrogens is 971 g/mol. The lowest BCUT2D eigenvalue weighted by molar-refractivity contribution is 0.627. The predicted molar refractivity (Wildman–Crippen MR) is 328 cm³/mol. The van der Waals surface area contributed by atoms with E-state index in [1.807, 2.05) is 43.3 Å². The number of allylic oxidation sites excluding steroid dienone is 1. The Kier molecular flexibility index (Phi) is 12.7. The number of hydrogen-bond donors (Lipinski definition) is 0. The zero-order valence-electron chi connectivity index (χ0n) is 43.4. The summed E-state index contributed by atoms with van der Waals surface area (Å²) in [6, 6.07) is 90.7. The second-order valence-corrected chi connectivity index (χ2v) is 19.6. The first kappa shape index (κ1) is 48.3. The minimum atomic E-state index is -0.259. The highest BCUT2D eigenvalue weighted by atomic mass is 19.1. The summed E-state index contributed by atoms with van der Waals surface area (Å²) in [4.78, 5) is 4.60. The second-order valence-electron chi connectivity index (χ2n) is 19.6. The molecule has 6 heteroatoms. The molecule has 0 spiro atoms. The van der Waals surface area contributed by atoms with Crippen LogP contribution in [0.2, 0.25) is 0 Å². The van der Waals surface area contributed by atoms with Gasteiger partial charge >= 0.3 is 0 Å². The molecule has 2 aromatic heterocycles. The highest BCUT2D eigenvalue weighted by Gasteiger charge is 2.21. The van der Waals surface area contributed by atoms with Crippen LogP contribution in [0.1, 0.15) is 18.2 Å². The first-order chi connectivity index (χ1) is 38.9. The van der Waals surface area contributed by atoms with E-state index >= 15 is 0 Å². The highest BCUT2D eigenvalue weighted by molar-refractivity contribution is 6.11. The van der Waals surface area contributed by atoms with Gasteiger partial charge in [-0.25, -0.2) is 8.78 Å². The topological polar surface area (TPSA) is 16.3 Å². The van der Waals surface area contributed by atoms with Crippen molar-refractivity contribution in [2.75, 3.05) is 9.80 Å². The fourth-order valence-corrected chi connectivity index (χ4v) is 11.2. The van der Waals surface area contributed by atoms with E-state index in [1.165, 1.54) is 29.7 Å². The standard InChI is InChI=1S/C73H52F2N4/c1-3-13-66-68-48-64(44-46-72(68)78(70(66)4-2)58-14-7-5-8-15-58)76(60-36-24-52(25-37-60)50-20-32-56(74)33-21-50)62-40-28-54(29-41-62)55-30-42-63(43-31-55)77(61-38-26-53(27-39-61)51-22-34-57(75)35-23-51)65-45-47-73-69(49-65)67-18-11-12-19-71(67)79(73)59-16-9-6-10-17-59/h3-49H,2H2,1H3/b13-3-. The number of halogens is 2. The van der Waals surface area contributed by atoms with Gasteiger partial charge in [0, 0.05) is 67.2 Å². The van der Waals surface area contributed by atoms with E-state index in [-0.39, 0.29) is 11.6 Å². The van der Waals surface area contributed by atoms with Gasteiger partial charge in [0.1, 0.15) is 11.6 Å². The van der Waals surface area contributed by atoms with E-state index in [9.17, 15) is 8.78 Å². The van der Waals surface area contributed by atoms with Crippen molar-refractivity contribution in [2.45, 2.75) is 6.92 Å². The molecule has 0 bridgehead atoms. The van der Waals surface area contributed by atoms with E-state index < -0.39 is 0 Å². The number of benzene rings is 11. The van der Waals surface area contributed by atoms with Crippen molar-refractivity contribution in [1.29, 1.82) is 0 Å². The SMILES string of the molecule is C=Cc1c(/C=C\C)c2cc(N(c3ccc(-c4ccc(F)cc4)cc3)c3ccc(-c4ccc(N(c5ccc(-c6ccc(F)cc6)cc5)c5ccc6c(c5)c5ccccc5n6-c5ccccc5)cc4)cc3)ccc2n1-c1ccccc1. The van der Waals surface area contributed by atoms with Crippen LogP contribution in [0.5, 0.6) is 0 Å². The lowest BCUT2D eigenvalue weighted by Crippen LogP contribution is -2.10. The third kappa shape index (κ3) is 9.05. The van der Waals surface area contributed by atoms with E-state index in [2.05, 4.69) is 250 Å². The van der Waals surface area contributed by atoms with Gasteiger partial charge in [-0.05, 0) is 186 Å². The van der Waals surface area contributed by atoms with E-state index in [4.69, 9.17) is 0 Å². The van der Waals surface area contributed by atoms with Crippen molar-refractivity contribution < 1.29 is 8.78 Å². The Morgan fingerprint density at radius 1 is 0.342 bits per heavy atom. The zero-order chi connectivity index (χ0) is 53.4. The molecule has 13 aromatic rings. The molecule has 0 atom stereocenters. The first-order valence-electron chi connectivity index (χ1n) is 26.5. The predicted octanol–water partition coefficient (Wildman–Crippen LogP) is 20.6. The molecule has 0 amide bonds. The summed E-state index contributed by atoms with van der Waals surface area (Å²) in [5, 5.41) is 3.44. The van der Waals surface area contributed by atoms with Crippen LogP contribution >= 0.6 is 0 Å². The van der Waals surface area contributed by atoms with E-state index in [0.29, 0.717) is 0 Å². The summed E-state index contributed by atoms with van der Waals surface area (Å²) in [6.07, 6.45) is 6.19. The smallest absolute Gasteiger partial charge is 0.123 e. The lowest BCUT2D eigenvalue weighted by Gasteiger charge is -2.27. The van der Waals surface area contributed by atoms with Gasteiger partial charge in [-0.15, -0.1) is 0 Å². The molecule has 79 heavy (non-hydrogen) atoms. The molecule has 0 radical (unpaired) electrons. The molecule has 4 nitrogen and oxygen atoms in total. The maximum Gasteiger partial charge on any atom is 0.123 e. The number of nitrogens with zero attached hydrogens (tertiary/aromatic N) is 4. The quantitative estimate of drug-likeness (QED) is 0.114. The third-order valence-electron chi connectivity index (χ3n) is 14.9. The van der Waals surface area contributed by atoms with Gasteiger partial charge in [0.2, 0.25) is 0 Å². The molecule has 0 unspecified atom stereocenters. The van der Waals surface area contributed by atoms with Crippen LogP contribution in [0.25, 0.3) is 89.6 Å². The Morgan fingerprint density at radius 2 is 0.684 bits per heavy atom. The summed E-state index contributed by atoms with van der Waals surface area (Å²) < 4.78 is 32.5. The molecule has 0 N–H and O–H groups in total. The average Bonchev–Trinajstić information content (AvgIpc) is 4.07. The Hall–Kier alpha value is -10.3. The van der Waals surface area contributed by atoms with E-state index in [1.54, 1.807) is 0 Å². The van der Waals surface area contributed by atoms with Gasteiger partial charge in [-0.1, -0.05) is 146 Å². The van der Waals surface area contributed by atoms with E-state index in [0.717, 1.165) is 117 Å². The highest BCUT2D eigenvalue weighted by Crippen LogP contribution is 2.43. The molecule has 0 aliphatic heterocycles. The monoisotopic (exact) mass is 1020 g/mol. The number of hydrogen-bond acceptors (Lipinski definition) is 2. The molecule has 0 saturated carbocycles. The fourth-order valence-electron chi connectivity index (χ4n) is 11.2. The number of aromatic nitrogens is 2. The number of fused-ring (bicyclic) bond motifs is 4. The minimum Gasteiger partial charge on any atom is -0.310 e. The average molecular weight is 1020 g/mol. The van der Waals surface area contributed by atoms with Crippen LogP contribution in [0, 0.1) is 11.6 Å². The van der Waals surface area contributed by atoms with Crippen LogP contribution in [0.3, 0.4) is 0 Å². The minimum absolute atomic E-state index is 0.256. The maximum atomic E-state index is 14.0. The molecule has 11 aromatic carbocycles. The van der Waals surface area contributed by atoms with Gasteiger partial charge in [0.05, 0.1) is 22.2 Å². The fraction of sp³-hybridized carbons (Fsp3) is 0.0137. The second kappa shape index (κ2) is 20.7. The van der Waals surface area contributed by atoms with Crippen molar-refractivity contribution in [3.63, 3.8) is 0 Å². The molecule has 0 saturated heterocycles. The van der Waals surface area contributed by atoms with Gasteiger partial charge in [-0.3, -0.25) is 0 Å². The van der Waals surface area contributed by atoms with Crippen molar-refractivity contribution in [2.24, 2.45) is 0 Å². The molecule has 13 rings (SSSR count). The molecule has 2 heterocycles. The van der Waals surface area contributed by atoms with Gasteiger partial charge in [-0.2, -0.15) is 0 Å². The van der Waals surface area contributed by atoms with Crippen molar-refractivity contribution in [3.05, 3.63) is 302 Å². The van der Waals surface area contributed by atoms with Gasteiger partial charge in [0.15, 0.2) is 0 Å². The first-order valence-corrected chi connectivity index (χ1v) is 26.5. The molecule has 378 valence electrons. The number of rotatable bonds is 13. The summed E-state index contributed by atoms with van der Waals surface area (Å²) in [5.74, 6) is -0.515. The molecule has 0 aliphatic rings. The number of para-hydroxylation sites is 3. The molecule has 0 aliphatic carbocycles. The summed E-state index contributed by atoms with van der Waals surface area (Å²) in [6.45, 7) is 6.31. The van der Waals surface area contributed by atoms with Gasteiger partial charge in [0.25, 0.3) is 0 Å². The summed E-state index contributed by atoms with van der Waals surface area (Å²) >= 11 is 0. The third-order valence-corrected chi connectivity index (χ3v) is 14.9. The van der Waals surface area contributed by atoms with Crippen LogP contribution in [-0.2, 0) is 0 Å². The van der Waals surface area contributed by atoms with Crippen molar-refractivity contribution in [1.82, 2.24) is 9.13 Å². The maximum absolute atomic E-state index is 14.0. The Labute approximate surface area is 458 Å². The number of anilines is 6. The van der Waals surface area contributed by atoms with Crippen LogP contribution in [-0.4, -0.2) is 9.13 Å². The van der Waals surface area contributed by atoms with Crippen LogP contribution in [0.15, 0.2) is 280 Å². The lowest BCUT2D eigenvalue weighted by atomic mass is 10.0. The van der Waals surface area contributed by atoms with Crippen molar-refractivity contribution >= 4 is 79.0 Å². The molecular formula is C73H52F2N4. The largest absolute Gasteiger partial charge is 0.310 e. The van der Waals surface area contributed by atoms with Crippen LogP contribution < -0.4 is 9.80 Å². The summed E-state index contributed by atoms with van der Waals surface area (Å²) in [7, 11) is 0. The normalized spacial score (nSPS) is 11.5. The van der Waals surface area contributed by atoms with Gasteiger partial charge < -0.3 is 18.9 Å². The van der Waals surface area contributed by atoms with Crippen molar-refractivity contribution in [3.8, 4) is 44.8 Å². The zero-order valence-corrected chi connectivity index (χ0v) is 43.4. The molecule has 0 fully saturated rings. The Bertz CT molecular complexity index is 4350. The van der Waals surface area contributed by atoms with Crippen LogP contribution in [0.4, 0.5) is 42.9 Å². The Morgan fingerprint density at radius 3 is 1.10 bits per heavy atom. The Balaban J connectivity index is 0.885. The summed E-state index contributed by atoms with van der Waals surface area (Å²) in [5.41, 5.74) is 19.7.